The number of nitrogens with two attached hydrogens (primary N) is 1. The van der Waals surface area contributed by atoms with Crippen LogP contribution in [0.1, 0.15) is 11.7 Å². The summed E-state index contributed by atoms with van der Waals surface area (Å²) in [5.41, 5.74) is 4.76. The first-order chi connectivity index (χ1) is 6.95. The molecule has 0 aliphatic rings. The van der Waals surface area contributed by atoms with Gasteiger partial charge in [0.2, 0.25) is 0 Å². The fourth-order valence-electron chi connectivity index (χ4n) is 1.12. The highest BCUT2D eigenvalue weighted by molar-refractivity contribution is 5.73. The fourth-order valence-corrected chi connectivity index (χ4v) is 1.12. The van der Waals surface area contributed by atoms with Crippen molar-refractivity contribution in [1.29, 1.82) is 0 Å². The SMILES string of the molecule is Nc1c(F)cccc1C(O)C(O)C(=O)O. The van der Waals surface area contributed by atoms with Crippen molar-refractivity contribution in [2.45, 2.75) is 12.2 Å². The van der Waals surface area contributed by atoms with Gasteiger partial charge in [0, 0.05) is 5.56 Å². The van der Waals surface area contributed by atoms with Gasteiger partial charge >= 0.3 is 5.97 Å². The van der Waals surface area contributed by atoms with E-state index in [1.54, 1.807) is 0 Å². The van der Waals surface area contributed by atoms with E-state index < -0.39 is 24.0 Å². The van der Waals surface area contributed by atoms with Gasteiger partial charge < -0.3 is 21.1 Å². The molecular weight excluding hydrogens is 205 g/mol. The van der Waals surface area contributed by atoms with Crippen LogP contribution in [0.5, 0.6) is 0 Å². The molecule has 0 amide bonds. The van der Waals surface area contributed by atoms with Crippen molar-refractivity contribution < 1.29 is 24.5 Å². The van der Waals surface area contributed by atoms with E-state index in [4.69, 9.17) is 15.9 Å². The molecule has 15 heavy (non-hydrogen) atoms. The highest BCUT2D eigenvalue weighted by Crippen LogP contribution is 2.25. The lowest BCUT2D eigenvalue weighted by atomic mass is 10.0. The summed E-state index contributed by atoms with van der Waals surface area (Å²) >= 11 is 0. The number of benzene rings is 1. The zero-order valence-electron chi connectivity index (χ0n) is 7.59. The molecule has 0 heterocycles. The van der Waals surface area contributed by atoms with Crippen LogP contribution in [-0.2, 0) is 4.79 Å². The van der Waals surface area contributed by atoms with Crippen LogP contribution in [0.2, 0.25) is 0 Å². The first-order valence-electron chi connectivity index (χ1n) is 4.08. The first kappa shape index (κ1) is 11.4. The van der Waals surface area contributed by atoms with Crippen LogP contribution in [0.25, 0.3) is 0 Å². The van der Waals surface area contributed by atoms with Gasteiger partial charge in [0.05, 0.1) is 5.69 Å². The summed E-state index contributed by atoms with van der Waals surface area (Å²) in [6, 6.07) is 3.58. The van der Waals surface area contributed by atoms with Crippen molar-refractivity contribution in [3.63, 3.8) is 0 Å². The van der Waals surface area contributed by atoms with E-state index in [9.17, 15) is 14.3 Å². The Kier molecular flexibility index (Phi) is 3.23. The van der Waals surface area contributed by atoms with Crippen LogP contribution >= 0.6 is 0 Å². The van der Waals surface area contributed by atoms with Gasteiger partial charge in [-0.2, -0.15) is 0 Å². The average molecular weight is 215 g/mol. The third kappa shape index (κ3) is 2.23. The third-order valence-electron chi connectivity index (χ3n) is 1.96. The topological polar surface area (TPSA) is 104 Å². The molecule has 1 rings (SSSR count). The normalized spacial score (nSPS) is 14.6. The van der Waals surface area contributed by atoms with E-state index in [-0.39, 0.29) is 11.3 Å². The summed E-state index contributed by atoms with van der Waals surface area (Å²) in [5.74, 6) is -2.38. The monoisotopic (exact) mass is 215 g/mol. The van der Waals surface area contributed by atoms with Crippen LogP contribution in [0.15, 0.2) is 18.2 Å². The minimum Gasteiger partial charge on any atom is -0.479 e. The van der Waals surface area contributed by atoms with Crippen LogP contribution in [0, 0.1) is 5.82 Å². The Morgan fingerprint density at radius 3 is 2.53 bits per heavy atom. The zero-order valence-corrected chi connectivity index (χ0v) is 7.59. The number of aliphatic hydroxyl groups is 2. The van der Waals surface area contributed by atoms with E-state index in [1.165, 1.54) is 12.1 Å². The molecular formula is C9H10FNO4. The number of rotatable bonds is 3. The predicted octanol–water partition coefficient (Wildman–Crippen LogP) is -0.113. The highest BCUT2D eigenvalue weighted by atomic mass is 19.1. The number of aliphatic hydroxyl groups excluding tert-OH is 2. The van der Waals surface area contributed by atoms with Gasteiger partial charge in [0.25, 0.3) is 0 Å². The molecule has 1 aromatic rings. The lowest BCUT2D eigenvalue weighted by Gasteiger charge is -2.16. The summed E-state index contributed by atoms with van der Waals surface area (Å²) in [4.78, 5) is 10.4. The number of carboxylic acid groups (broad SMARTS) is 1. The lowest BCUT2D eigenvalue weighted by molar-refractivity contribution is -0.153. The van der Waals surface area contributed by atoms with Crippen molar-refractivity contribution in [1.82, 2.24) is 0 Å². The van der Waals surface area contributed by atoms with Gasteiger partial charge in [-0.1, -0.05) is 12.1 Å². The van der Waals surface area contributed by atoms with Gasteiger partial charge in [-0.05, 0) is 6.07 Å². The molecule has 5 N–H and O–H groups in total. The molecule has 6 heteroatoms. The molecule has 82 valence electrons. The number of hydrogen-bond donors (Lipinski definition) is 4. The smallest absolute Gasteiger partial charge is 0.335 e. The number of anilines is 1. The Morgan fingerprint density at radius 2 is 2.00 bits per heavy atom. The molecule has 0 aliphatic carbocycles. The summed E-state index contributed by atoms with van der Waals surface area (Å²) in [6.07, 6.45) is -3.78. The second-order valence-corrected chi connectivity index (χ2v) is 2.97. The number of nitrogen functional groups attached to an aromatic ring is 1. The molecule has 0 aromatic heterocycles. The molecule has 0 saturated carbocycles. The number of hydrogen-bond acceptors (Lipinski definition) is 4. The van der Waals surface area contributed by atoms with E-state index in [0.717, 1.165) is 6.07 Å². The Labute approximate surface area is 84.6 Å². The average Bonchev–Trinajstić information content (AvgIpc) is 2.20. The van der Waals surface area contributed by atoms with Gasteiger partial charge in [-0.15, -0.1) is 0 Å². The maximum atomic E-state index is 12.9. The molecule has 0 fully saturated rings. The maximum Gasteiger partial charge on any atom is 0.335 e. The number of aliphatic carboxylic acids is 1. The van der Waals surface area contributed by atoms with Gasteiger partial charge in [0.15, 0.2) is 6.10 Å². The minimum absolute atomic E-state index is 0.148. The highest BCUT2D eigenvalue weighted by Gasteiger charge is 2.27. The standard InChI is InChI=1S/C9H10FNO4/c10-5-3-1-2-4(6(5)11)7(12)8(13)9(14)15/h1-3,7-8,12-13H,11H2,(H,14,15). The summed E-state index contributed by atoms with van der Waals surface area (Å²) in [7, 11) is 0. The van der Waals surface area contributed by atoms with Crippen molar-refractivity contribution >= 4 is 11.7 Å². The Morgan fingerprint density at radius 1 is 1.40 bits per heavy atom. The number of halogens is 1. The molecule has 0 aliphatic heterocycles. The van der Waals surface area contributed by atoms with E-state index in [1.807, 2.05) is 0 Å². The molecule has 5 nitrogen and oxygen atoms in total. The molecule has 0 spiro atoms. The zero-order chi connectivity index (χ0) is 11.6. The van der Waals surface area contributed by atoms with E-state index >= 15 is 0 Å². The van der Waals surface area contributed by atoms with Crippen molar-refractivity contribution in [3.05, 3.63) is 29.6 Å². The van der Waals surface area contributed by atoms with E-state index in [2.05, 4.69) is 0 Å². The second-order valence-electron chi connectivity index (χ2n) is 2.97. The molecule has 0 radical (unpaired) electrons. The van der Waals surface area contributed by atoms with Gasteiger partial charge in [0.1, 0.15) is 11.9 Å². The fraction of sp³-hybridized carbons (Fsp3) is 0.222. The summed E-state index contributed by atoms with van der Waals surface area (Å²) in [6.45, 7) is 0. The first-order valence-corrected chi connectivity index (χ1v) is 4.08. The third-order valence-corrected chi connectivity index (χ3v) is 1.96. The molecule has 2 unspecified atom stereocenters. The van der Waals surface area contributed by atoms with Crippen LogP contribution in [0.3, 0.4) is 0 Å². The van der Waals surface area contributed by atoms with E-state index in [0.29, 0.717) is 0 Å². The predicted molar refractivity (Wildman–Crippen MR) is 49.4 cm³/mol. The van der Waals surface area contributed by atoms with Crippen LogP contribution < -0.4 is 5.73 Å². The Bertz CT molecular complexity index is 382. The van der Waals surface area contributed by atoms with Gasteiger partial charge in [-0.25, -0.2) is 9.18 Å². The number of para-hydroxylation sites is 1. The van der Waals surface area contributed by atoms with Crippen LogP contribution in [0.4, 0.5) is 10.1 Å². The molecule has 0 bridgehead atoms. The van der Waals surface area contributed by atoms with Crippen LogP contribution in [-0.4, -0.2) is 27.4 Å². The quantitative estimate of drug-likeness (QED) is 0.526. The summed E-state index contributed by atoms with van der Waals surface area (Å²) in [5, 5.41) is 26.9. The van der Waals surface area contributed by atoms with Crippen molar-refractivity contribution in [3.8, 4) is 0 Å². The minimum atomic E-state index is -2.03. The van der Waals surface area contributed by atoms with Gasteiger partial charge in [-0.3, -0.25) is 0 Å². The summed E-state index contributed by atoms with van der Waals surface area (Å²) < 4.78 is 12.9. The number of carbonyl (C=O) groups is 1. The molecule has 2 atom stereocenters. The Hall–Kier alpha value is -1.66. The number of carboxylic acids is 1. The van der Waals surface area contributed by atoms with Crippen molar-refractivity contribution in [2.24, 2.45) is 0 Å². The second kappa shape index (κ2) is 4.24. The van der Waals surface area contributed by atoms with Crippen molar-refractivity contribution in [2.75, 3.05) is 5.73 Å². The molecule has 1 aromatic carbocycles. The largest absolute Gasteiger partial charge is 0.479 e. The Balaban J connectivity index is 3.06. The lowest BCUT2D eigenvalue weighted by Crippen LogP contribution is -2.28. The molecule has 0 saturated heterocycles. The maximum absolute atomic E-state index is 12.9.